The third-order valence-electron chi connectivity index (χ3n) is 3.54. The number of likely N-dealkylation sites (N-methyl/N-ethyl adjacent to an activating group) is 1. The van der Waals surface area contributed by atoms with E-state index in [2.05, 4.69) is 36.3 Å². The SMILES string of the molecule is CC.CN1CCC2=C(C1)OC1C=CC=CC2C1. The number of fused-ring (bicyclic) bond motifs is 3. The number of rotatable bonds is 0. The predicted molar refractivity (Wildman–Crippen MR) is 71.7 cm³/mol. The van der Waals surface area contributed by atoms with Crippen molar-refractivity contribution in [2.75, 3.05) is 20.1 Å². The Morgan fingerprint density at radius 1 is 1.24 bits per heavy atom. The molecular weight excluding hydrogens is 210 g/mol. The maximum atomic E-state index is 6.02. The van der Waals surface area contributed by atoms with E-state index in [9.17, 15) is 0 Å². The van der Waals surface area contributed by atoms with Crippen molar-refractivity contribution in [2.24, 2.45) is 5.92 Å². The van der Waals surface area contributed by atoms with Gasteiger partial charge < -0.3 is 4.74 Å². The van der Waals surface area contributed by atoms with E-state index in [1.807, 2.05) is 13.8 Å². The Morgan fingerprint density at radius 3 is 2.82 bits per heavy atom. The molecule has 0 amide bonds. The maximum absolute atomic E-state index is 6.02. The van der Waals surface area contributed by atoms with E-state index in [1.165, 1.54) is 18.7 Å². The van der Waals surface area contributed by atoms with Gasteiger partial charge in [0.1, 0.15) is 11.9 Å². The summed E-state index contributed by atoms with van der Waals surface area (Å²) in [4.78, 5) is 2.34. The fourth-order valence-electron chi connectivity index (χ4n) is 2.70. The molecule has 2 heterocycles. The molecule has 0 saturated carbocycles. The van der Waals surface area contributed by atoms with Gasteiger partial charge in [-0.3, -0.25) is 4.90 Å². The van der Waals surface area contributed by atoms with E-state index in [1.54, 1.807) is 5.57 Å². The molecule has 2 bridgehead atoms. The summed E-state index contributed by atoms with van der Waals surface area (Å²) in [6, 6.07) is 0. The summed E-state index contributed by atoms with van der Waals surface area (Å²) in [5, 5.41) is 0. The molecule has 0 aromatic heterocycles. The van der Waals surface area contributed by atoms with Gasteiger partial charge in [-0.15, -0.1) is 0 Å². The zero-order chi connectivity index (χ0) is 12.3. The molecular formula is C15H23NO. The molecule has 3 aliphatic rings. The monoisotopic (exact) mass is 233 g/mol. The minimum atomic E-state index is 0.301. The first-order valence-corrected chi connectivity index (χ1v) is 6.75. The fraction of sp³-hybridized carbons (Fsp3) is 0.600. The zero-order valence-corrected chi connectivity index (χ0v) is 11.1. The number of hydrogen-bond acceptors (Lipinski definition) is 2. The molecule has 2 heteroatoms. The van der Waals surface area contributed by atoms with Crippen molar-refractivity contribution >= 4 is 0 Å². The van der Waals surface area contributed by atoms with Crippen LogP contribution >= 0.6 is 0 Å². The largest absolute Gasteiger partial charge is 0.489 e. The van der Waals surface area contributed by atoms with E-state index in [-0.39, 0.29) is 0 Å². The maximum Gasteiger partial charge on any atom is 0.118 e. The summed E-state index contributed by atoms with van der Waals surface area (Å²) in [6.45, 7) is 6.16. The van der Waals surface area contributed by atoms with Gasteiger partial charge in [0.25, 0.3) is 0 Å². The molecule has 1 aliphatic carbocycles. The summed E-state index contributed by atoms with van der Waals surface area (Å²) in [6.07, 6.45) is 11.4. The van der Waals surface area contributed by atoms with Gasteiger partial charge in [0, 0.05) is 12.5 Å². The van der Waals surface area contributed by atoms with E-state index in [4.69, 9.17) is 4.74 Å². The van der Waals surface area contributed by atoms with E-state index in [0.29, 0.717) is 12.0 Å². The van der Waals surface area contributed by atoms with Crippen LogP contribution in [0.15, 0.2) is 35.6 Å². The van der Waals surface area contributed by atoms with Crippen LogP contribution < -0.4 is 0 Å². The second-order valence-electron chi connectivity index (χ2n) is 4.70. The van der Waals surface area contributed by atoms with Crippen LogP contribution in [0.4, 0.5) is 0 Å². The quantitative estimate of drug-likeness (QED) is 0.637. The number of allylic oxidation sites excluding steroid dienone is 3. The third kappa shape index (κ3) is 2.63. The molecule has 0 N–H and O–H groups in total. The van der Waals surface area contributed by atoms with Crippen molar-refractivity contribution < 1.29 is 4.74 Å². The van der Waals surface area contributed by atoms with Gasteiger partial charge in [0.05, 0.1) is 6.54 Å². The Hall–Kier alpha value is -1.02. The highest BCUT2D eigenvalue weighted by molar-refractivity contribution is 5.28. The van der Waals surface area contributed by atoms with Crippen LogP contribution in [0.2, 0.25) is 0 Å². The van der Waals surface area contributed by atoms with Gasteiger partial charge >= 0.3 is 0 Å². The Labute approximate surface area is 105 Å². The number of nitrogens with zero attached hydrogens (tertiary/aromatic N) is 1. The van der Waals surface area contributed by atoms with Crippen molar-refractivity contribution in [1.29, 1.82) is 0 Å². The standard InChI is InChI=1S/C13H17NO.C2H6/c1-14-7-6-12-10-4-2-3-5-11(8-10)15-13(12)9-14;1-2/h2-5,10-11H,6-9H2,1H3;1-2H3. The van der Waals surface area contributed by atoms with Gasteiger partial charge in [-0.25, -0.2) is 0 Å². The third-order valence-corrected chi connectivity index (χ3v) is 3.54. The molecule has 3 rings (SSSR count). The van der Waals surface area contributed by atoms with Gasteiger partial charge in [-0.2, -0.15) is 0 Å². The smallest absolute Gasteiger partial charge is 0.118 e. The Kier molecular flexibility index (Phi) is 4.06. The first-order valence-electron chi connectivity index (χ1n) is 6.75. The van der Waals surface area contributed by atoms with Crippen LogP contribution in [0.1, 0.15) is 26.7 Å². The van der Waals surface area contributed by atoms with E-state index >= 15 is 0 Å². The lowest BCUT2D eigenvalue weighted by molar-refractivity contribution is 0.0861. The van der Waals surface area contributed by atoms with Crippen LogP contribution in [-0.2, 0) is 4.74 Å². The van der Waals surface area contributed by atoms with Crippen molar-refractivity contribution in [2.45, 2.75) is 32.8 Å². The molecule has 0 fully saturated rings. The number of ether oxygens (including phenoxy) is 1. The first kappa shape index (κ1) is 12.4. The average Bonchev–Trinajstić information content (AvgIpc) is 2.54. The van der Waals surface area contributed by atoms with Crippen molar-refractivity contribution in [3.8, 4) is 0 Å². The van der Waals surface area contributed by atoms with E-state index < -0.39 is 0 Å². The van der Waals surface area contributed by atoms with Crippen LogP contribution in [0, 0.1) is 5.92 Å². The molecule has 0 saturated heterocycles. The molecule has 2 atom stereocenters. The molecule has 0 radical (unpaired) electrons. The molecule has 94 valence electrons. The van der Waals surface area contributed by atoms with Crippen molar-refractivity contribution in [3.63, 3.8) is 0 Å². The molecule has 2 unspecified atom stereocenters. The summed E-state index contributed by atoms with van der Waals surface area (Å²) < 4.78 is 6.02. The second kappa shape index (κ2) is 5.54. The molecule has 2 nitrogen and oxygen atoms in total. The number of hydrogen-bond donors (Lipinski definition) is 0. The van der Waals surface area contributed by atoms with Crippen LogP contribution in [0.25, 0.3) is 0 Å². The predicted octanol–water partition coefficient (Wildman–Crippen LogP) is 3.13. The van der Waals surface area contributed by atoms with Crippen LogP contribution in [0.3, 0.4) is 0 Å². The van der Waals surface area contributed by atoms with Gasteiger partial charge in [-0.05, 0) is 31.5 Å². The van der Waals surface area contributed by atoms with Crippen molar-refractivity contribution in [3.05, 3.63) is 35.6 Å². The summed E-state index contributed by atoms with van der Waals surface area (Å²) >= 11 is 0. The Bertz CT molecular complexity index is 354. The topological polar surface area (TPSA) is 12.5 Å². The first-order chi connectivity index (χ1) is 8.33. The lowest BCUT2D eigenvalue weighted by Gasteiger charge is -2.36. The molecule has 0 spiro atoms. The van der Waals surface area contributed by atoms with Crippen LogP contribution in [-0.4, -0.2) is 31.1 Å². The molecule has 0 aromatic carbocycles. The van der Waals surface area contributed by atoms with Gasteiger partial charge in [0.15, 0.2) is 0 Å². The molecule has 17 heavy (non-hydrogen) atoms. The Morgan fingerprint density at radius 2 is 2.00 bits per heavy atom. The summed E-state index contributed by atoms with van der Waals surface area (Å²) in [5.74, 6) is 1.86. The molecule has 0 aromatic rings. The average molecular weight is 233 g/mol. The van der Waals surface area contributed by atoms with E-state index in [0.717, 1.165) is 13.0 Å². The van der Waals surface area contributed by atoms with Gasteiger partial charge in [0.2, 0.25) is 0 Å². The lowest BCUT2D eigenvalue weighted by Crippen LogP contribution is -2.35. The summed E-state index contributed by atoms with van der Waals surface area (Å²) in [7, 11) is 2.16. The minimum Gasteiger partial charge on any atom is -0.489 e. The highest BCUT2D eigenvalue weighted by Gasteiger charge is 2.31. The normalized spacial score (nSPS) is 31.0. The second-order valence-corrected chi connectivity index (χ2v) is 4.70. The minimum absolute atomic E-state index is 0.301. The van der Waals surface area contributed by atoms with Crippen LogP contribution in [0.5, 0.6) is 0 Å². The fourth-order valence-corrected chi connectivity index (χ4v) is 2.70. The Balaban J connectivity index is 0.000000514. The summed E-state index contributed by atoms with van der Waals surface area (Å²) in [5.41, 5.74) is 1.55. The molecule has 2 aliphatic heterocycles. The van der Waals surface area contributed by atoms with Crippen molar-refractivity contribution in [1.82, 2.24) is 4.90 Å². The lowest BCUT2D eigenvalue weighted by atomic mass is 9.86. The highest BCUT2D eigenvalue weighted by Crippen LogP contribution is 2.36. The highest BCUT2D eigenvalue weighted by atomic mass is 16.5. The van der Waals surface area contributed by atoms with Gasteiger partial charge in [-0.1, -0.05) is 32.1 Å². The zero-order valence-electron chi connectivity index (χ0n) is 11.1.